The average Bonchev–Trinajstić information content (AvgIpc) is 3.23. The summed E-state index contributed by atoms with van der Waals surface area (Å²) in [4.78, 5) is 16.5. The summed E-state index contributed by atoms with van der Waals surface area (Å²) in [7, 11) is 0. The maximum atomic E-state index is 13.9. The highest BCUT2D eigenvalue weighted by Gasteiger charge is 2.39. The number of aliphatic hydroxyl groups excluding tert-OH is 1. The average molecular weight is 334 g/mol. The number of hydrogen-bond acceptors (Lipinski definition) is 3. The first-order chi connectivity index (χ1) is 11.6. The fourth-order valence-corrected chi connectivity index (χ4v) is 4.29. The lowest BCUT2D eigenvalue weighted by Gasteiger charge is -2.36. The number of halogens is 1. The van der Waals surface area contributed by atoms with Crippen LogP contribution in [0.25, 0.3) is 0 Å². The van der Waals surface area contributed by atoms with Gasteiger partial charge in [-0.2, -0.15) is 0 Å². The van der Waals surface area contributed by atoms with Gasteiger partial charge in [0, 0.05) is 37.2 Å². The second-order valence-corrected chi connectivity index (χ2v) is 6.89. The first-order valence-corrected chi connectivity index (χ1v) is 9.07. The highest BCUT2D eigenvalue weighted by molar-refractivity contribution is 5.76. The zero-order valence-corrected chi connectivity index (χ0v) is 14.3. The van der Waals surface area contributed by atoms with Gasteiger partial charge in [-0.05, 0) is 38.3 Å². The van der Waals surface area contributed by atoms with Crippen LogP contribution < -0.4 is 0 Å². The van der Waals surface area contributed by atoms with Crippen molar-refractivity contribution in [2.45, 2.75) is 57.2 Å². The van der Waals surface area contributed by atoms with E-state index in [4.69, 9.17) is 0 Å². The molecule has 0 aromatic heterocycles. The Morgan fingerprint density at radius 1 is 1.25 bits per heavy atom. The molecular formula is C19H27FN2O2. The Hall–Kier alpha value is -1.46. The third-order valence-electron chi connectivity index (χ3n) is 5.45. The molecule has 1 N–H and O–H groups in total. The molecule has 2 fully saturated rings. The highest BCUT2D eigenvalue weighted by atomic mass is 19.1. The number of likely N-dealkylation sites (tertiary alicyclic amines) is 2. The normalized spacial score (nSPS) is 26.0. The van der Waals surface area contributed by atoms with Gasteiger partial charge in [0.05, 0.1) is 6.10 Å². The van der Waals surface area contributed by atoms with E-state index in [1.807, 2.05) is 11.8 Å². The smallest absolute Gasteiger partial charge is 0.222 e. The lowest BCUT2D eigenvalue weighted by atomic mass is 10.0. The summed E-state index contributed by atoms with van der Waals surface area (Å²) in [6, 6.07) is 6.95. The number of carbonyl (C=O) groups excluding carboxylic acids is 1. The molecule has 2 saturated heterocycles. The molecule has 1 aromatic rings. The van der Waals surface area contributed by atoms with E-state index >= 15 is 0 Å². The molecule has 0 bridgehead atoms. The highest BCUT2D eigenvalue weighted by Crippen LogP contribution is 2.32. The molecule has 2 heterocycles. The molecule has 4 nitrogen and oxygen atoms in total. The van der Waals surface area contributed by atoms with E-state index in [1.54, 1.807) is 18.2 Å². The number of amides is 1. The summed E-state index contributed by atoms with van der Waals surface area (Å²) in [5.41, 5.74) is 0.357. The molecule has 1 aromatic carbocycles. The van der Waals surface area contributed by atoms with Gasteiger partial charge in [-0.15, -0.1) is 0 Å². The van der Waals surface area contributed by atoms with Crippen LogP contribution in [-0.2, 0) is 4.79 Å². The Bertz CT molecular complexity index is 580. The Labute approximate surface area is 143 Å². The maximum absolute atomic E-state index is 13.9. The molecule has 2 aliphatic rings. The van der Waals surface area contributed by atoms with Crippen LogP contribution in [0.5, 0.6) is 0 Å². The first kappa shape index (κ1) is 17.4. The Morgan fingerprint density at radius 3 is 2.71 bits per heavy atom. The summed E-state index contributed by atoms with van der Waals surface area (Å²) in [5.74, 6) is -0.136. The van der Waals surface area contributed by atoms with Crippen LogP contribution in [-0.4, -0.2) is 52.5 Å². The van der Waals surface area contributed by atoms with E-state index in [9.17, 15) is 14.3 Å². The number of β-amino-alcohol motifs (C(OH)–C–C–N with tert-alkyl or cyclic N) is 1. The van der Waals surface area contributed by atoms with E-state index in [1.165, 1.54) is 6.07 Å². The fraction of sp³-hybridized carbons (Fsp3) is 0.632. The van der Waals surface area contributed by atoms with Crippen molar-refractivity contribution in [1.82, 2.24) is 9.80 Å². The molecule has 24 heavy (non-hydrogen) atoms. The van der Waals surface area contributed by atoms with Gasteiger partial charge in [-0.25, -0.2) is 4.39 Å². The van der Waals surface area contributed by atoms with Crippen LogP contribution in [0.4, 0.5) is 4.39 Å². The van der Waals surface area contributed by atoms with Gasteiger partial charge in [0.25, 0.3) is 0 Å². The second kappa shape index (κ2) is 7.62. The molecule has 3 rings (SSSR count). The van der Waals surface area contributed by atoms with Crippen LogP contribution in [0.3, 0.4) is 0 Å². The Morgan fingerprint density at radius 2 is 1.96 bits per heavy atom. The first-order valence-electron chi connectivity index (χ1n) is 9.07. The topological polar surface area (TPSA) is 43.8 Å². The minimum absolute atomic E-state index is 0.221. The minimum Gasteiger partial charge on any atom is -0.387 e. The summed E-state index contributed by atoms with van der Waals surface area (Å²) in [6.45, 7) is 4.08. The lowest BCUT2D eigenvalue weighted by Crippen LogP contribution is -2.49. The predicted octanol–water partition coefficient (Wildman–Crippen LogP) is 2.72. The largest absolute Gasteiger partial charge is 0.387 e. The molecule has 0 radical (unpaired) electrons. The number of hydrogen-bond donors (Lipinski definition) is 1. The molecule has 0 saturated carbocycles. The summed E-state index contributed by atoms with van der Waals surface area (Å²) in [5, 5.41) is 10.5. The van der Waals surface area contributed by atoms with Gasteiger partial charge in [-0.3, -0.25) is 9.69 Å². The molecule has 0 aliphatic carbocycles. The van der Waals surface area contributed by atoms with Crippen LogP contribution in [0.15, 0.2) is 24.3 Å². The predicted molar refractivity (Wildman–Crippen MR) is 91.0 cm³/mol. The third kappa shape index (κ3) is 3.47. The number of nitrogens with zero attached hydrogens (tertiary/aromatic N) is 2. The van der Waals surface area contributed by atoms with E-state index in [0.717, 1.165) is 38.8 Å². The lowest BCUT2D eigenvalue weighted by molar-refractivity contribution is -0.132. The molecule has 5 heteroatoms. The maximum Gasteiger partial charge on any atom is 0.222 e. The summed E-state index contributed by atoms with van der Waals surface area (Å²) >= 11 is 0. The SMILES string of the molecule is CCC(=O)N1CCCC1C1CCCN1CC(O)c1ccccc1F. The zero-order chi connectivity index (χ0) is 17.1. The van der Waals surface area contributed by atoms with Crippen LogP contribution >= 0.6 is 0 Å². The van der Waals surface area contributed by atoms with Gasteiger partial charge >= 0.3 is 0 Å². The molecule has 1 amide bonds. The molecule has 0 spiro atoms. The third-order valence-corrected chi connectivity index (χ3v) is 5.45. The van der Waals surface area contributed by atoms with Gasteiger partial charge < -0.3 is 10.0 Å². The van der Waals surface area contributed by atoms with Crippen molar-refractivity contribution in [3.63, 3.8) is 0 Å². The van der Waals surface area contributed by atoms with Crippen molar-refractivity contribution in [3.05, 3.63) is 35.6 Å². The molecule has 2 aliphatic heterocycles. The molecular weight excluding hydrogens is 307 g/mol. The van der Waals surface area contributed by atoms with E-state index in [-0.39, 0.29) is 23.8 Å². The number of benzene rings is 1. The Kier molecular flexibility index (Phi) is 5.51. The van der Waals surface area contributed by atoms with Crippen LogP contribution in [0, 0.1) is 5.82 Å². The second-order valence-electron chi connectivity index (χ2n) is 6.89. The molecule has 3 unspecified atom stereocenters. The summed E-state index contributed by atoms with van der Waals surface area (Å²) in [6.07, 6.45) is 3.91. The number of aliphatic hydroxyl groups is 1. The standard InChI is InChI=1S/C19H27FN2O2/c1-2-19(24)22-12-6-10-17(22)16-9-5-11-21(16)13-18(23)14-7-3-4-8-15(14)20/h3-4,7-8,16-18,23H,2,5-6,9-13H2,1H3. The Balaban J connectivity index is 1.69. The zero-order valence-electron chi connectivity index (χ0n) is 14.3. The summed E-state index contributed by atoms with van der Waals surface area (Å²) < 4.78 is 13.9. The fourth-order valence-electron chi connectivity index (χ4n) is 4.29. The van der Waals surface area contributed by atoms with Crippen molar-refractivity contribution in [2.75, 3.05) is 19.6 Å². The van der Waals surface area contributed by atoms with Crippen molar-refractivity contribution >= 4 is 5.91 Å². The minimum atomic E-state index is -0.830. The van der Waals surface area contributed by atoms with Gasteiger partial charge in [-0.1, -0.05) is 25.1 Å². The quantitative estimate of drug-likeness (QED) is 0.900. The van der Waals surface area contributed by atoms with E-state index in [2.05, 4.69) is 4.90 Å². The van der Waals surface area contributed by atoms with Crippen LogP contribution in [0.1, 0.15) is 50.7 Å². The van der Waals surface area contributed by atoms with Crippen molar-refractivity contribution in [3.8, 4) is 0 Å². The van der Waals surface area contributed by atoms with E-state index < -0.39 is 6.10 Å². The number of carbonyl (C=O) groups is 1. The van der Waals surface area contributed by atoms with E-state index in [0.29, 0.717) is 18.5 Å². The van der Waals surface area contributed by atoms with Gasteiger partial charge in [0.15, 0.2) is 0 Å². The van der Waals surface area contributed by atoms with Gasteiger partial charge in [0.2, 0.25) is 5.91 Å². The van der Waals surface area contributed by atoms with Gasteiger partial charge in [0.1, 0.15) is 5.82 Å². The monoisotopic (exact) mass is 334 g/mol. The molecule has 132 valence electrons. The number of rotatable bonds is 5. The molecule has 3 atom stereocenters. The van der Waals surface area contributed by atoms with Crippen molar-refractivity contribution < 1.29 is 14.3 Å². The van der Waals surface area contributed by atoms with Crippen LogP contribution in [0.2, 0.25) is 0 Å². The van der Waals surface area contributed by atoms with Crippen molar-refractivity contribution in [2.24, 2.45) is 0 Å². The van der Waals surface area contributed by atoms with Crippen molar-refractivity contribution in [1.29, 1.82) is 0 Å².